The molecule has 7 heteroatoms. The van der Waals surface area contributed by atoms with Crippen LogP contribution in [0.4, 0.5) is 0 Å². The minimum absolute atomic E-state index is 0.176. The van der Waals surface area contributed by atoms with Crippen LogP contribution in [-0.2, 0) is 22.5 Å². The number of carbonyl (C=O) groups is 1. The smallest absolute Gasteiger partial charge is 0.298 e. The van der Waals surface area contributed by atoms with E-state index in [0.29, 0.717) is 4.64 Å². The fourth-order valence-corrected chi connectivity index (χ4v) is 2.76. The summed E-state index contributed by atoms with van der Waals surface area (Å²) in [6, 6.07) is -0.582. The van der Waals surface area contributed by atoms with Crippen LogP contribution in [0.25, 0.3) is 0 Å². The number of fused-ring (bicyclic) bond motifs is 1. The minimum atomic E-state index is -0.582. The van der Waals surface area contributed by atoms with E-state index in [2.05, 4.69) is 10.5 Å². The van der Waals surface area contributed by atoms with Gasteiger partial charge in [-0.15, -0.1) is 0 Å². The molecular weight excluding hydrogens is 242 g/mol. The van der Waals surface area contributed by atoms with Crippen LogP contribution >= 0.6 is 12.2 Å². The molecule has 2 aliphatic rings. The van der Waals surface area contributed by atoms with Crippen LogP contribution in [0.1, 0.15) is 23.7 Å². The van der Waals surface area contributed by atoms with Crippen molar-refractivity contribution in [2.24, 2.45) is 0 Å². The van der Waals surface area contributed by atoms with Crippen molar-refractivity contribution in [3.8, 4) is 0 Å². The van der Waals surface area contributed by atoms with E-state index in [4.69, 9.17) is 17.1 Å². The Kier molecular flexibility index (Phi) is 2.37. The molecule has 0 bridgehead atoms. The van der Waals surface area contributed by atoms with Gasteiger partial charge in [-0.25, -0.2) is 10.3 Å². The summed E-state index contributed by atoms with van der Waals surface area (Å²) in [6.45, 7) is 0.176. The average molecular weight is 253 g/mol. The second kappa shape index (κ2) is 3.78. The summed E-state index contributed by atoms with van der Waals surface area (Å²) in [5.74, 6) is -0.285. The zero-order chi connectivity index (χ0) is 12.0. The third-order valence-corrected chi connectivity index (χ3v) is 3.57. The van der Waals surface area contributed by atoms with Crippen molar-refractivity contribution in [3.63, 3.8) is 0 Å². The topological polar surface area (TPSA) is 76.1 Å². The SMILES string of the molecule is O=C1NOC[C@H]1n1c2c(c(=S)[nH]c1=O)CCC2. The lowest BCUT2D eigenvalue weighted by atomic mass is 10.2. The van der Waals surface area contributed by atoms with Crippen LogP contribution in [0.2, 0.25) is 0 Å². The second-order valence-corrected chi connectivity index (χ2v) is 4.61. The van der Waals surface area contributed by atoms with Gasteiger partial charge in [-0.3, -0.25) is 19.2 Å². The van der Waals surface area contributed by atoms with E-state index in [1.807, 2.05) is 0 Å². The highest BCUT2D eigenvalue weighted by atomic mass is 32.1. The summed E-state index contributed by atoms with van der Waals surface area (Å²) in [5, 5.41) is 0. The van der Waals surface area contributed by atoms with Gasteiger partial charge in [-0.2, -0.15) is 0 Å². The second-order valence-electron chi connectivity index (χ2n) is 4.20. The maximum absolute atomic E-state index is 11.9. The number of aromatic amines is 1. The number of aromatic nitrogens is 2. The van der Waals surface area contributed by atoms with Crippen molar-refractivity contribution < 1.29 is 9.63 Å². The Morgan fingerprint density at radius 3 is 2.88 bits per heavy atom. The number of hydroxylamine groups is 1. The molecule has 2 N–H and O–H groups in total. The molecule has 2 heterocycles. The van der Waals surface area contributed by atoms with Crippen LogP contribution in [0.5, 0.6) is 0 Å². The molecule has 1 aliphatic heterocycles. The van der Waals surface area contributed by atoms with E-state index >= 15 is 0 Å². The van der Waals surface area contributed by atoms with Gasteiger partial charge in [0.2, 0.25) is 0 Å². The molecule has 0 unspecified atom stereocenters. The maximum atomic E-state index is 11.9. The first-order valence-electron chi connectivity index (χ1n) is 5.46. The normalized spacial score (nSPS) is 22.6. The third kappa shape index (κ3) is 1.54. The number of amides is 1. The van der Waals surface area contributed by atoms with Crippen LogP contribution in [0.15, 0.2) is 4.79 Å². The first-order valence-corrected chi connectivity index (χ1v) is 5.87. The highest BCUT2D eigenvalue weighted by Crippen LogP contribution is 2.24. The van der Waals surface area contributed by atoms with Gasteiger partial charge in [0.05, 0.1) is 0 Å². The van der Waals surface area contributed by atoms with Gasteiger partial charge in [-0.05, 0) is 19.3 Å². The molecule has 6 nitrogen and oxygen atoms in total. The molecular formula is C10H11N3O3S. The summed E-state index contributed by atoms with van der Waals surface area (Å²) < 4.78 is 1.98. The number of hydrogen-bond acceptors (Lipinski definition) is 4. The first kappa shape index (κ1) is 10.7. The number of H-pyrrole nitrogens is 1. The minimum Gasteiger partial charge on any atom is -0.298 e. The van der Waals surface area contributed by atoms with Gasteiger partial charge in [0.15, 0.2) is 0 Å². The molecule has 0 radical (unpaired) electrons. The van der Waals surface area contributed by atoms with Gasteiger partial charge in [0.25, 0.3) is 5.91 Å². The van der Waals surface area contributed by atoms with Gasteiger partial charge in [0, 0.05) is 11.3 Å². The molecule has 0 spiro atoms. The Balaban J connectivity index is 2.23. The number of rotatable bonds is 1. The van der Waals surface area contributed by atoms with E-state index in [-0.39, 0.29) is 18.2 Å². The first-order chi connectivity index (χ1) is 8.18. The number of hydrogen-bond donors (Lipinski definition) is 2. The zero-order valence-electron chi connectivity index (χ0n) is 8.99. The van der Waals surface area contributed by atoms with Crippen molar-refractivity contribution in [2.75, 3.05) is 6.61 Å². The molecule has 1 aromatic heterocycles. The molecule has 1 aliphatic carbocycles. The summed E-state index contributed by atoms with van der Waals surface area (Å²) in [7, 11) is 0. The number of nitrogens with zero attached hydrogens (tertiary/aromatic N) is 1. The lowest BCUT2D eigenvalue weighted by molar-refractivity contribution is -0.125. The Morgan fingerprint density at radius 2 is 2.18 bits per heavy atom. The lowest BCUT2D eigenvalue weighted by Crippen LogP contribution is -2.35. The van der Waals surface area contributed by atoms with Crippen molar-refractivity contribution >= 4 is 18.1 Å². The third-order valence-electron chi connectivity index (χ3n) is 3.22. The summed E-state index contributed by atoms with van der Waals surface area (Å²) >= 11 is 5.13. The van der Waals surface area contributed by atoms with Crippen LogP contribution < -0.4 is 11.2 Å². The Hall–Kier alpha value is -1.47. The lowest BCUT2D eigenvalue weighted by Gasteiger charge is -2.14. The Morgan fingerprint density at radius 1 is 1.35 bits per heavy atom. The quantitative estimate of drug-likeness (QED) is 0.691. The monoisotopic (exact) mass is 253 g/mol. The molecule has 1 amide bonds. The summed E-state index contributed by atoms with van der Waals surface area (Å²) in [4.78, 5) is 31.0. The molecule has 1 atom stereocenters. The average Bonchev–Trinajstić information content (AvgIpc) is 2.88. The van der Waals surface area contributed by atoms with E-state index < -0.39 is 6.04 Å². The van der Waals surface area contributed by atoms with Gasteiger partial charge < -0.3 is 0 Å². The van der Waals surface area contributed by atoms with Crippen LogP contribution in [0, 0.1) is 4.64 Å². The molecule has 3 rings (SSSR count). The molecule has 17 heavy (non-hydrogen) atoms. The highest BCUT2D eigenvalue weighted by molar-refractivity contribution is 7.71. The van der Waals surface area contributed by atoms with Crippen LogP contribution in [-0.4, -0.2) is 22.1 Å². The van der Waals surface area contributed by atoms with Crippen molar-refractivity contribution in [1.82, 2.24) is 15.0 Å². The molecule has 0 aromatic carbocycles. The predicted molar refractivity (Wildman–Crippen MR) is 61.0 cm³/mol. The summed E-state index contributed by atoms with van der Waals surface area (Å²) in [5.41, 5.74) is 3.79. The number of nitrogens with one attached hydrogen (secondary N) is 2. The van der Waals surface area contributed by atoms with Crippen LogP contribution in [0.3, 0.4) is 0 Å². The fourth-order valence-electron chi connectivity index (χ4n) is 2.45. The van der Waals surface area contributed by atoms with Crippen molar-refractivity contribution in [2.45, 2.75) is 25.3 Å². The standard InChI is InChI=1S/C10H11N3O3S/c14-8-7(4-16-12-8)13-6-3-1-2-5(6)9(17)11-10(13)15/h7H,1-4H2,(H,12,14)(H,11,15,17)/t7-/m1/s1. The van der Waals surface area contributed by atoms with E-state index in [1.165, 1.54) is 4.57 Å². The maximum Gasteiger partial charge on any atom is 0.327 e. The zero-order valence-corrected chi connectivity index (χ0v) is 9.80. The van der Waals surface area contributed by atoms with E-state index in [9.17, 15) is 9.59 Å². The largest absolute Gasteiger partial charge is 0.327 e. The molecule has 0 saturated carbocycles. The summed E-state index contributed by atoms with van der Waals surface area (Å²) in [6.07, 6.45) is 2.61. The van der Waals surface area contributed by atoms with Crippen molar-refractivity contribution in [3.05, 3.63) is 26.4 Å². The van der Waals surface area contributed by atoms with Crippen molar-refractivity contribution in [1.29, 1.82) is 0 Å². The predicted octanol–water partition coefficient (Wildman–Crippen LogP) is -0.00291. The van der Waals surface area contributed by atoms with E-state index in [0.717, 1.165) is 30.5 Å². The van der Waals surface area contributed by atoms with Gasteiger partial charge in [0.1, 0.15) is 17.3 Å². The Bertz CT molecular complexity index is 604. The van der Waals surface area contributed by atoms with E-state index in [1.54, 1.807) is 0 Å². The van der Waals surface area contributed by atoms with Gasteiger partial charge in [-0.1, -0.05) is 12.2 Å². The molecule has 1 aromatic rings. The highest BCUT2D eigenvalue weighted by Gasteiger charge is 2.32. The van der Waals surface area contributed by atoms with Gasteiger partial charge >= 0.3 is 5.69 Å². The number of carbonyl (C=O) groups excluding carboxylic acids is 1. The molecule has 1 saturated heterocycles. The molecule has 1 fully saturated rings. The molecule has 90 valence electrons. The fraction of sp³-hybridized carbons (Fsp3) is 0.500. The Labute approximate surface area is 102 Å².